The Hall–Kier alpha value is -3.60. The standard InChI is InChI=1S/C29H31NO4/c31-28(32)13-5-2-8-18-34-27-12-7-6-11-24(27)20-30-29(33)23-16-17-25(21-9-3-1-4-10-21)26(19-23)22-14-15-22/h1,3-4,6-7,9-12,16-17,19,22H,2,5,8,13-15,18,20H2,(H,30,33)(H,31,32). The second kappa shape index (κ2) is 11.5. The second-order valence-corrected chi connectivity index (χ2v) is 8.79. The molecule has 1 amide bonds. The molecule has 0 bridgehead atoms. The third-order valence-electron chi connectivity index (χ3n) is 6.12. The summed E-state index contributed by atoms with van der Waals surface area (Å²) in [5.41, 5.74) is 5.25. The lowest BCUT2D eigenvalue weighted by Crippen LogP contribution is -2.23. The van der Waals surface area contributed by atoms with Crippen LogP contribution in [0.25, 0.3) is 11.1 Å². The van der Waals surface area contributed by atoms with Crippen molar-refractivity contribution in [1.82, 2.24) is 5.32 Å². The van der Waals surface area contributed by atoms with Gasteiger partial charge in [0.25, 0.3) is 5.91 Å². The highest BCUT2D eigenvalue weighted by atomic mass is 16.5. The first-order valence-corrected chi connectivity index (χ1v) is 12.0. The highest BCUT2D eigenvalue weighted by Crippen LogP contribution is 2.44. The molecule has 34 heavy (non-hydrogen) atoms. The summed E-state index contributed by atoms with van der Waals surface area (Å²) in [5, 5.41) is 11.8. The van der Waals surface area contributed by atoms with Crippen LogP contribution < -0.4 is 10.1 Å². The number of aliphatic carboxylic acids is 1. The average Bonchev–Trinajstić information content (AvgIpc) is 3.71. The van der Waals surface area contributed by atoms with E-state index in [0.717, 1.165) is 24.2 Å². The van der Waals surface area contributed by atoms with E-state index in [1.165, 1.54) is 29.5 Å². The van der Waals surface area contributed by atoms with Crippen LogP contribution in [-0.4, -0.2) is 23.6 Å². The fourth-order valence-electron chi connectivity index (χ4n) is 4.12. The number of amides is 1. The molecule has 5 nitrogen and oxygen atoms in total. The van der Waals surface area contributed by atoms with Crippen molar-refractivity contribution < 1.29 is 19.4 Å². The first-order chi connectivity index (χ1) is 16.6. The smallest absolute Gasteiger partial charge is 0.303 e. The minimum Gasteiger partial charge on any atom is -0.493 e. The Morgan fingerprint density at radius 2 is 1.68 bits per heavy atom. The molecule has 176 valence electrons. The van der Waals surface area contributed by atoms with Crippen LogP contribution in [0.15, 0.2) is 72.8 Å². The van der Waals surface area contributed by atoms with Crippen molar-refractivity contribution in [3.8, 4) is 16.9 Å². The zero-order chi connectivity index (χ0) is 23.8. The van der Waals surface area contributed by atoms with Crippen LogP contribution in [0.1, 0.15) is 65.9 Å². The molecule has 3 aromatic rings. The summed E-state index contributed by atoms with van der Waals surface area (Å²) in [6.45, 7) is 0.906. The zero-order valence-corrected chi connectivity index (χ0v) is 19.3. The van der Waals surface area contributed by atoms with E-state index < -0.39 is 5.97 Å². The van der Waals surface area contributed by atoms with Crippen molar-refractivity contribution in [2.24, 2.45) is 0 Å². The molecule has 0 spiro atoms. The summed E-state index contributed by atoms with van der Waals surface area (Å²) in [7, 11) is 0. The monoisotopic (exact) mass is 457 g/mol. The van der Waals surface area contributed by atoms with E-state index in [-0.39, 0.29) is 12.3 Å². The van der Waals surface area contributed by atoms with Gasteiger partial charge in [0.1, 0.15) is 5.75 Å². The van der Waals surface area contributed by atoms with Crippen molar-refractivity contribution >= 4 is 11.9 Å². The normalized spacial score (nSPS) is 12.8. The maximum absolute atomic E-state index is 13.0. The van der Waals surface area contributed by atoms with Crippen molar-refractivity contribution in [3.05, 3.63) is 89.5 Å². The fraction of sp³-hybridized carbons (Fsp3) is 0.310. The molecule has 0 atom stereocenters. The molecule has 0 heterocycles. The number of benzene rings is 3. The number of rotatable bonds is 12. The zero-order valence-electron chi connectivity index (χ0n) is 19.3. The summed E-state index contributed by atoms with van der Waals surface area (Å²) < 4.78 is 5.91. The van der Waals surface area contributed by atoms with Crippen LogP contribution in [0.3, 0.4) is 0 Å². The van der Waals surface area contributed by atoms with Crippen LogP contribution in [0, 0.1) is 0 Å². The van der Waals surface area contributed by atoms with Crippen molar-refractivity contribution in [2.75, 3.05) is 6.61 Å². The third-order valence-corrected chi connectivity index (χ3v) is 6.12. The fourth-order valence-corrected chi connectivity index (χ4v) is 4.12. The molecule has 1 aliphatic carbocycles. The molecule has 0 saturated heterocycles. The van der Waals surface area contributed by atoms with E-state index in [2.05, 4.69) is 29.6 Å². The lowest BCUT2D eigenvalue weighted by Gasteiger charge is -2.14. The molecule has 0 unspecified atom stereocenters. The lowest BCUT2D eigenvalue weighted by atomic mass is 9.94. The van der Waals surface area contributed by atoms with Gasteiger partial charge >= 0.3 is 5.97 Å². The van der Waals surface area contributed by atoms with Crippen molar-refractivity contribution in [1.29, 1.82) is 0 Å². The average molecular weight is 458 g/mol. The molecule has 0 aliphatic heterocycles. The van der Waals surface area contributed by atoms with Crippen molar-refractivity contribution in [3.63, 3.8) is 0 Å². The molecular formula is C29H31NO4. The topological polar surface area (TPSA) is 75.6 Å². The molecule has 1 aliphatic rings. The van der Waals surface area contributed by atoms with Gasteiger partial charge in [0, 0.05) is 24.1 Å². The minimum atomic E-state index is -0.763. The van der Waals surface area contributed by atoms with E-state index in [4.69, 9.17) is 9.84 Å². The van der Waals surface area contributed by atoms with Crippen LogP contribution in [-0.2, 0) is 11.3 Å². The van der Waals surface area contributed by atoms with E-state index >= 15 is 0 Å². The van der Waals surface area contributed by atoms with Crippen LogP contribution >= 0.6 is 0 Å². The predicted octanol–water partition coefficient (Wildman–Crippen LogP) is 6.18. The maximum atomic E-state index is 13.0. The summed E-state index contributed by atoms with van der Waals surface area (Å²) in [5.74, 6) is 0.428. The Morgan fingerprint density at radius 1 is 0.912 bits per heavy atom. The van der Waals surface area contributed by atoms with Gasteiger partial charge in [0.15, 0.2) is 0 Å². The van der Waals surface area contributed by atoms with Gasteiger partial charge in [-0.25, -0.2) is 0 Å². The number of carboxylic acid groups (broad SMARTS) is 1. The van der Waals surface area contributed by atoms with Gasteiger partial charge in [-0.2, -0.15) is 0 Å². The number of carbonyl (C=O) groups is 2. The highest BCUT2D eigenvalue weighted by molar-refractivity contribution is 5.95. The number of hydrogen-bond donors (Lipinski definition) is 2. The molecule has 2 N–H and O–H groups in total. The first kappa shape index (κ1) is 23.6. The van der Waals surface area contributed by atoms with Gasteiger partial charge in [-0.1, -0.05) is 54.6 Å². The lowest BCUT2D eigenvalue weighted by molar-refractivity contribution is -0.137. The molecule has 1 saturated carbocycles. The number of nitrogens with one attached hydrogen (secondary N) is 1. The Kier molecular flexibility index (Phi) is 7.97. The Morgan fingerprint density at radius 3 is 2.44 bits per heavy atom. The van der Waals surface area contributed by atoms with Gasteiger partial charge in [0.05, 0.1) is 6.61 Å². The highest BCUT2D eigenvalue weighted by Gasteiger charge is 2.27. The molecule has 0 aromatic heterocycles. The Balaban J connectivity index is 1.36. The number of para-hydroxylation sites is 1. The molecule has 4 rings (SSSR count). The summed E-state index contributed by atoms with van der Waals surface area (Å²) in [6.07, 6.45) is 4.80. The number of hydrogen-bond acceptors (Lipinski definition) is 3. The quantitative estimate of drug-likeness (QED) is 0.318. The molecule has 3 aromatic carbocycles. The van der Waals surface area contributed by atoms with Crippen LogP contribution in [0.2, 0.25) is 0 Å². The van der Waals surface area contributed by atoms with E-state index in [9.17, 15) is 9.59 Å². The molecular weight excluding hydrogens is 426 g/mol. The van der Waals surface area contributed by atoms with Gasteiger partial charge in [-0.05, 0) is 72.9 Å². The third kappa shape index (κ3) is 6.47. The SMILES string of the molecule is O=C(O)CCCCCOc1ccccc1CNC(=O)c1ccc(-c2ccccc2)c(C2CC2)c1. The number of unbranched alkanes of at least 4 members (excludes halogenated alkanes) is 2. The number of carbonyl (C=O) groups excluding carboxylic acids is 1. The largest absolute Gasteiger partial charge is 0.493 e. The van der Waals surface area contributed by atoms with Crippen molar-refractivity contribution in [2.45, 2.75) is 51.0 Å². The van der Waals surface area contributed by atoms with Gasteiger partial charge in [0.2, 0.25) is 0 Å². The van der Waals surface area contributed by atoms with Gasteiger partial charge < -0.3 is 15.2 Å². The van der Waals surface area contributed by atoms with Crippen LogP contribution in [0.4, 0.5) is 0 Å². The van der Waals surface area contributed by atoms with Gasteiger partial charge in [-0.3, -0.25) is 9.59 Å². The number of carboxylic acids is 1. The van der Waals surface area contributed by atoms with E-state index in [0.29, 0.717) is 31.1 Å². The summed E-state index contributed by atoms with van der Waals surface area (Å²) in [6, 6.07) is 24.1. The number of ether oxygens (including phenoxy) is 1. The molecule has 0 radical (unpaired) electrons. The van der Waals surface area contributed by atoms with E-state index in [1.54, 1.807) is 0 Å². The van der Waals surface area contributed by atoms with E-state index in [1.807, 2.05) is 48.5 Å². The Labute approximate surface area is 200 Å². The summed E-state index contributed by atoms with van der Waals surface area (Å²) >= 11 is 0. The second-order valence-electron chi connectivity index (χ2n) is 8.79. The van der Waals surface area contributed by atoms with Crippen LogP contribution in [0.5, 0.6) is 5.75 Å². The summed E-state index contributed by atoms with van der Waals surface area (Å²) in [4.78, 5) is 23.6. The minimum absolute atomic E-state index is 0.0926. The molecule has 1 fully saturated rings. The Bertz CT molecular complexity index is 1120. The predicted molar refractivity (Wildman–Crippen MR) is 133 cm³/mol. The van der Waals surface area contributed by atoms with Gasteiger partial charge in [-0.15, -0.1) is 0 Å². The first-order valence-electron chi connectivity index (χ1n) is 12.0. The molecule has 5 heteroatoms. The maximum Gasteiger partial charge on any atom is 0.303 e.